The van der Waals surface area contributed by atoms with Crippen LogP contribution in [0.1, 0.15) is 30.0 Å². The second kappa shape index (κ2) is 7.83. The molecule has 0 bridgehead atoms. The summed E-state index contributed by atoms with van der Waals surface area (Å²) < 4.78 is 31.7. The molecular weight excluding hydrogens is 352 g/mol. The van der Waals surface area contributed by atoms with Crippen molar-refractivity contribution in [1.82, 2.24) is 9.62 Å². The molecule has 0 unspecified atom stereocenters. The highest BCUT2D eigenvalue weighted by Gasteiger charge is 2.25. The van der Waals surface area contributed by atoms with E-state index in [1.807, 2.05) is 0 Å². The third-order valence-corrected chi connectivity index (χ3v) is 6.05. The fourth-order valence-electron chi connectivity index (χ4n) is 2.23. The smallest absolute Gasteiger partial charge is 0.251 e. The molecule has 6 nitrogen and oxygen atoms in total. The predicted octanol–water partition coefficient (Wildman–Crippen LogP) is 2.89. The molecule has 0 spiro atoms. The molecule has 130 valence electrons. The summed E-state index contributed by atoms with van der Waals surface area (Å²) in [5, 5.41) is 2.76. The molecule has 1 heterocycles. The molecule has 0 atom stereocenters. The molecule has 0 saturated heterocycles. The van der Waals surface area contributed by atoms with Gasteiger partial charge >= 0.3 is 0 Å². The van der Waals surface area contributed by atoms with Crippen LogP contribution in [0, 0.1) is 0 Å². The molecule has 2 aromatic rings. The molecule has 24 heavy (non-hydrogen) atoms. The number of carbonyl (C=O) groups excluding carboxylic acids is 1. The average molecular weight is 371 g/mol. The van der Waals surface area contributed by atoms with Crippen LogP contribution in [0.3, 0.4) is 0 Å². The van der Waals surface area contributed by atoms with Crippen LogP contribution in [-0.4, -0.2) is 31.7 Å². The van der Waals surface area contributed by atoms with Crippen LogP contribution in [0.2, 0.25) is 5.02 Å². The lowest BCUT2D eigenvalue weighted by atomic mass is 10.2. The van der Waals surface area contributed by atoms with E-state index in [1.54, 1.807) is 26.0 Å². The molecule has 2 rings (SSSR count). The van der Waals surface area contributed by atoms with Gasteiger partial charge in [0.1, 0.15) is 10.7 Å². The number of sulfonamides is 1. The average Bonchev–Trinajstić information content (AvgIpc) is 3.07. The molecule has 0 aliphatic heterocycles. The maximum absolute atomic E-state index is 12.6. The van der Waals surface area contributed by atoms with Crippen molar-refractivity contribution in [2.75, 3.05) is 13.1 Å². The zero-order valence-corrected chi connectivity index (χ0v) is 15.0. The van der Waals surface area contributed by atoms with Gasteiger partial charge in [-0.3, -0.25) is 4.79 Å². The summed E-state index contributed by atoms with van der Waals surface area (Å²) in [6, 6.07) is 7.66. The van der Waals surface area contributed by atoms with E-state index >= 15 is 0 Å². The second-order valence-electron chi connectivity index (χ2n) is 5.00. The molecule has 0 fully saturated rings. The SMILES string of the molecule is CCN(CC)S(=O)(=O)c1cc(C(=O)NCc2ccco2)ccc1Cl. The molecule has 0 aliphatic rings. The van der Waals surface area contributed by atoms with E-state index in [-0.39, 0.29) is 22.0 Å². The van der Waals surface area contributed by atoms with Gasteiger partial charge in [-0.2, -0.15) is 4.31 Å². The topological polar surface area (TPSA) is 79.6 Å². The Morgan fingerprint density at radius 3 is 2.54 bits per heavy atom. The number of carbonyl (C=O) groups is 1. The lowest BCUT2D eigenvalue weighted by Gasteiger charge is -2.19. The number of nitrogens with zero attached hydrogens (tertiary/aromatic N) is 1. The zero-order chi connectivity index (χ0) is 17.7. The Morgan fingerprint density at radius 1 is 1.25 bits per heavy atom. The molecule has 0 radical (unpaired) electrons. The largest absolute Gasteiger partial charge is 0.467 e. The second-order valence-corrected chi connectivity index (χ2v) is 7.31. The van der Waals surface area contributed by atoms with Gasteiger partial charge in [-0.1, -0.05) is 25.4 Å². The monoisotopic (exact) mass is 370 g/mol. The summed E-state index contributed by atoms with van der Waals surface area (Å²) in [5.74, 6) is 0.201. The number of furan rings is 1. The highest BCUT2D eigenvalue weighted by molar-refractivity contribution is 7.89. The Labute approximate surface area is 146 Å². The number of hydrogen-bond acceptors (Lipinski definition) is 4. The fraction of sp³-hybridized carbons (Fsp3) is 0.312. The van der Waals surface area contributed by atoms with Gasteiger partial charge in [0, 0.05) is 18.7 Å². The third kappa shape index (κ3) is 3.98. The van der Waals surface area contributed by atoms with Crippen LogP contribution in [0.15, 0.2) is 45.9 Å². The molecule has 1 amide bonds. The maximum Gasteiger partial charge on any atom is 0.251 e. The summed E-state index contributed by atoms with van der Waals surface area (Å²) in [6.45, 7) is 4.35. The van der Waals surface area contributed by atoms with E-state index in [0.29, 0.717) is 18.8 Å². The molecule has 1 N–H and O–H groups in total. The Kier molecular flexibility index (Phi) is 6.04. The van der Waals surface area contributed by atoms with Gasteiger partial charge in [0.2, 0.25) is 10.0 Å². The minimum absolute atomic E-state index is 0.0708. The maximum atomic E-state index is 12.6. The lowest BCUT2D eigenvalue weighted by Crippen LogP contribution is -2.31. The summed E-state index contributed by atoms with van der Waals surface area (Å²) in [7, 11) is -3.74. The Balaban J connectivity index is 2.26. The molecule has 1 aromatic carbocycles. The molecular formula is C16H19ClN2O4S. The van der Waals surface area contributed by atoms with Crippen molar-refractivity contribution < 1.29 is 17.6 Å². The summed E-state index contributed by atoms with van der Waals surface area (Å²) in [4.78, 5) is 12.2. The Hall–Kier alpha value is -1.83. The first-order chi connectivity index (χ1) is 11.4. The third-order valence-electron chi connectivity index (χ3n) is 3.52. The first kappa shape index (κ1) is 18.5. The number of rotatable bonds is 7. The van der Waals surface area contributed by atoms with Crippen molar-refractivity contribution in [3.8, 4) is 0 Å². The van der Waals surface area contributed by atoms with Gasteiger partial charge in [0.15, 0.2) is 0 Å². The van der Waals surface area contributed by atoms with Crippen LogP contribution < -0.4 is 5.32 Å². The number of nitrogens with one attached hydrogen (secondary N) is 1. The van der Waals surface area contributed by atoms with Crippen molar-refractivity contribution in [3.05, 3.63) is 52.9 Å². The summed E-state index contributed by atoms with van der Waals surface area (Å²) >= 11 is 6.05. The molecule has 8 heteroatoms. The summed E-state index contributed by atoms with van der Waals surface area (Å²) in [6.07, 6.45) is 1.51. The normalized spacial score (nSPS) is 11.7. The van der Waals surface area contributed by atoms with Crippen LogP contribution in [0.25, 0.3) is 0 Å². The van der Waals surface area contributed by atoms with Crippen LogP contribution >= 0.6 is 11.6 Å². The zero-order valence-electron chi connectivity index (χ0n) is 13.5. The first-order valence-electron chi connectivity index (χ1n) is 7.50. The molecule has 0 saturated carbocycles. The quantitative estimate of drug-likeness (QED) is 0.812. The van der Waals surface area contributed by atoms with Crippen molar-refractivity contribution in [3.63, 3.8) is 0 Å². The van der Waals surface area contributed by atoms with Crippen molar-refractivity contribution in [2.45, 2.75) is 25.3 Å². The number of amides is 1. The van der Waals surface area contributed by atoms with Gasteiger partial charge in [-0.05, 0) is 30.3 Å². The highest BCUT2D eigenvalue weighted by atomic mass is 35.5. The fourth-order valence-corrected chi connectivity index (χ4v) is 4.19. The van der Waals surface area contributed by atoms with Crippen LogP contribution in [-0.2, 0) is 16.6 Å². The standard InChI is InChI=1S/C16H19ClN2O4S/c1-3-19(4-2)24(21,22)15-10-12(7-8-14(15)17)16(20)18-11-13-6-5-9-23-13/h5-10H,3-4,11H2,1-2H3,(H,18,20). The van der Waals surface area contributed by atoms with E-state index < -0.39 is 15.9 Å². The number of benzene rings is 1. The molecule has 1 aromatic heterocycles. The van der Waals surface area contributed by atoms with Crippen LogP contribution in [0.4, 0.5) is 0 Å². The van der Waals surface area contributed by atoms with Gasteiger partial charge < -0.3 is 9.73 Å². The van der Waals surface area contributed by atoms with Gasteiger partial charge in [-0.15, -0.1) is 0 Å². The van der Waals surface area contributed by atoms with E-state index in [1.165, 1.54) is 28.8 Å². The lowest BCUT2D eigenvalue weighted by molar-refractivity contribution is 0.0948. The summed E-state index contributed by atoms with van der Waals surface area (Å²) in [5.41, 5.74) is 0.219. The van der Waals surface area contributed by atoms with E-state index in [2.05, 4.69) is 5.32 Å². The van der Waals surface area contributed by atoms with Crippen LogP contribution in [0.5, 0.6) is 0 Å². The Bertz CT molecular complexity index is 799. The highest BCUT2D eigenvalue weighted by Crippen LogP contribution is 2.26. The van der Waals surface area contributed by atoms with Gasteiger partial charge in [0.05, 0.1) is 17.8 Å². The minimum Gasteiger partial charge on any atom is -0.467 e. The van der Waals surface area contributed by atoms with Gasteiger partial charge in [-0.25, -0.2) is 8.42 Å². The first-order valence-corrected chi connectivity index (χ1v) is 9.32. The molecule has 0 aliphatic carbocycles. The predicted molar refractivity (Wildman–Crippen MR) is 91.4 cm³/mol. The van der Waals surface area contributed by atoms with Crippen molar-refractivity contribution in [1.29, 1.82) is 0 Å². The Morgan fingerprint density at radius 2 is 1.96 bits per heavy atom. The number of hydrogen-bond donors (Lipinski definition) is 1. The van der Waals surface area contributed by atoms with Crippen molar-refractivity contribution in [2.24, 2.45) is 0 Å². The van der Waals surface area contributed by atoms with Gasteiger partial charge in [0.25, 0.3) is 5.91 Å². The number of halogens is 1. The van der Waals surface area contributed by atoms with E-state index in [0.717, 1.165) is 0 Å². The van der Waals surface area contributed by atoms with E-state index in [4.69, 9.17) is 16.0 Å². The van der Waals surface area contributed by atoms with Crippen molar-refractivity contribution >= 4 is 27.5 Å². The van der Waals surface area contributed by atoms with E-state index in [9.17, 15) is 13.2 Å². The minimum atomic E-state index is -3.74.